The zero-order chi connectivity index (χ0) is 28.6. The Labute approximate surface area is 234 Å². The Hall–Kier alpha value is -1.43. The molecule has 218 valence electrons. The molecule has 1 aliphatic heterocycles. The van der Waals surface area contributed by atoms with Gasteiger partial charge in [0.2, 0.25) is 0 Å². The minimum absolute atomic E-state index is 0.0659. The Morgan fingerprint density at radius 3 is 2.18 bits per heavy atom. The van der Waals surface area contributed by atoms with Gasteiger partial charge in [0.1, 0.15) is 17.8 Å². The van der Waals surface area contributed by atoms with Crippen molar-refractivity contribution < 1.29 is 28.6 Å². The van der Waals surface area contributed by atoms with E-state index in [9.17, 15) is 14.4 Å². The first kappa shape index (κ1) is 27.7. The molecule has 5 saturated carbocycles. The molecule has 6 nitrogen and oxygen atoms in total. The number of carbonyl (C=O) groups excluding carboxylic acids is 3. The molecule has 0 aromatic rings. The van der Waals surface area contributed by atoms with E-state index in [0.29, 0.717) is 11.7 Å². The minimum Gasteiger partial charge on any atom is -0.469 e. The summed E-state index contributed by atoms with van der Waals surface area (Å²) in [5.74, 6) is 0.342. The minimum atomic E-state index is -0.536. The van der Waals surface area contributed by atoms with E-state index in [4.69, 9.17) is 14.2 Å². The van der Waals surface area contributed by atoms with Crippen LogP contribution >= 0.6 is 0 Å². The maximum absolute atomic E-state index is 14.8. The second kappa shape index (κ2) is 7.89. The van der Waals surface area contributed by atoms with Crippen molar-refractivity contribution >= 4 is 17.7 Å². The summed E-state index contributed by atoms with van der Waals surface area (Å²) in [4.78, 5) is 39.7. The zero-order valence-electron chi connectivity index (χ0n) is 25.7. The van der Waals surface area contributed by atoms with Gasteiger partial charge in [0, 0.05) is 23.7 Å². The molecule has 6 fully saturated rings. The van der Waals surface area contributed by atoms with Crippen molar-refractivity contribution in [1.29, 1.82) is 0 Å². The van der Waals surface area contributed by atoms with Crippen LogP contribution in [0.3, 0.4) is 0 Å². The summed E-state index contributed by atoms with van der Waals surface area (Å²) in [5.41, 5.74) is -1.66. The van der Waals surface area contributed by atoms with E-state index in [0.717, 1.165) is 57.8 Å². The van der Waals surface area contributed by atoms with Gasteiger partial charge >= 0.3 is 11.9 Å². The van der Waals surface area contributed by atoms with Crippen LogP contribution in [-0.4, -0.2) is 42.6 Å². The number of hydrogen-bond acceptors (Lipinski definition) is 6. The van der Waals surface area contributed by atoms with E-state index >= 15 is 0 Å². The van der Waals surface area contributed by atoms with E-state index in [2.05, 4.69) is 48.5 Å². The first-order valence-corrected chi connectivity index (χ1v) is 15.4. The first-order valence-electron chi connectivity index (χ1n) is 15.4. The van der Waals surface area contributed by atoms with Gasteiger partial charge in [-0.2, -0.15) is 0 Å². The lowest BCUT2D eigenvalue weighted by molar-refractivity contribution is -0.239. The Kier molecular flexibility index (Phi) is 5.61. The summed E-state index contributed by atoms with van der Waals surface area (Å²) >= 11 is 0. The van der Waals surface area contributed by atoms with Gasteiger partial charge < -0.3 is 14.2 Å². The number of Topliss-reactive ketones (excluding diaryl/α,β-unsaturated/α-hetero) is 1. The number of ketones is 1. The zero-order valence-corrected chi connectivity index (χ0v) is 25.7. The number of epoxide rings is 1. The van der Waals surface area contributed by atoms with Gasteiger partial charge in [-0.1, -0.05) is 41.5 Å². The topological polar surface area (TPSA) is 82.2 Å². The molecule has 1 saturated heterocycles. The van der Waals surface area contributed by atoms with E-state index in [1.807, 2.05) is 0 Å². The van der Waals surface area contributed by atoms with Gasteiger partial charge in [-0.15, -0.1) is 0 Å². The van der Waals surface area contributed by atoms with Crippen LogP contribution in [0.5, 0.6) is 0 Å². The van der Waals surface area contributed by atoms with Gasteiger partial charge in [-0.25, -0.2) is 0 Å². The highest BCUT2D eigenvalue weighted by Crippen LogP contribution is 2.82. The van der Waals surface area contributed by atoms with Crippen LogP contribution in [0.2, 0.25) is 0 Å². The molecule has 1 spiro atoms. The summed E-state index contributed by atoms with van der Waals surface area (Å²) < 4.78 is 18.0. The lowest BCUT2D eigenvalue weighted by atomic mass is 9.31. The Balaban J connectivity index is 1.41. The van der Waals surface area contributed by atoms with Crippen LogP contribution in [0.4, 0.5) is 0 Å². The number of esters is 2. The molecule has 0 amide bonds. The SMILES string of the molecule is COC(=O)[C@]1(C)CC[C@]2(C)CC[C@]3(C)[C@@]4(O[C@@H]4C(=O)[C@@H]4[C@@]5(C)CC[C@H](OC(C)=O)C(C)(C)[C@@H]5CC[C@]43C)[C@@H]2C1. The van der Waals surface area contributed by atoms with E-state index in [1.165, 1.54) is 14.0 Å². The highest BCUT2D eigenvalue weighted by atomic mass is 16.6. The third-order valence-electron chi connectivity index (χ3n) is 14.5. The van der Waals surface area contributed by atoms with Crippen LogP contribution in [0, 0.1) is 50.2 Å². The standard InChI is InChI=1S/C33H50O6/c1-19(34)38-22-11-12-30(6)20(27(22,2)3)10-13-31(7)24(30)23(35)25-33(39-25)21-18-29(5,26(36)37-9)15-14-28(21,4)16-17-32(31,33)8/h20-22,24-25H,10-18H2,1-9H3/t20-,21+,22-,24+,25+,28+,29+,30-,31+,32-,33+/m0/s1. The highest BCUT2D eigenvalue weighted by Gasteiger charge is 2.87. The van der Waals surface area contributed by atoms with E-state index in [1.54, 1.807) is 0 Å². The van der Waals surface area contributed by atoms with Crippen molar-refractivity contribution in [3.63, 3.8) is 0 Å². The Morgan fingerprint density at radius 1 is 0.872 bits per heavy atom. The Bertz CT molecular complexity index is 1130. The quantitative estimate of drug-likeness (QED) is 0.302. The summed E-state index contributed by atoms with van der Waals surface area (Å²) in [5, 5.41) is 0. The third kappa shape index (κ3) is 3.11. The molecular formula is C33H50O6. The second-order valence-electron chi connectivity index (χ2n) is 16.4. The molecule has 5 aliphatic carbocycles. The molecule has 6 aliphatic rings. The molecular weight excluding hydrogens is 492 g/mol. The van der Waals surface area contributed by atoms with Crippen LogP contribution in [0.15, 0.2) is 0 Å². The smallest absolute Gasteiger partial charge is 0.311 e. The predicted molar refractivity (Wildman–Crippen MR) is 147 cm³/mol. The summed E-state index contributed by atoms with van der Waals surface area (Å²) in [6.07, 6.45) is 7.90. The summed E-state index contributed by atoms with van der Waals surface area (Å²) in [6.45, 7) is 17.7. The fourth-order valence-electron chi connectivity index (χ4n) is 12.1. The van der Waals surface area contributed by atoms with Crippen LogP contribution < -0.4 is 0 Å². The summed E-state index contributed by atoms with van der Waals surface area (Å²) in [6, 6.07) is 0. The van der Waals surface area contributed by atoms with Crippen molar-refractivity contribution in [3.05, 3.63) is 0 Å². The molecule has 0 aromatic heterocycles. The first-order chi connectivity index (χ1) is 18.0. The van der Waals surface area contributed by atoms with Gasteiger partial charge in [0.05, 0.1) is 12.5 Å². The molecule has 6 heteroatoms. The van der Waals surface area contributed by atoms with Crippen molar-refractivity contribution in [2.75, 3.05) is 7.11 Å². The average Bonchev–Trinajstić information content (AvgIpc) is 3.61. The maximum atomic E-state index is 14.8. The molecule has 0 bridgehead atoms. The number of methoxy groups -OCH3 is 1. The van der Waals surface area contributed by atoms with Crippen LogP contribution in [0.1, 0.15) is 113 Å². The van der Waals surface area contributed by atoms with Gasteiger partial charge in [0.25, 0.3) is 0 Å². The third-order valence-corrected chi connectivity index (χ3v) is 14.5. The molecule has 11 atom stereocenters. The normalized spacial score (nSPS) is 55.1. The lowest BCUT2D eigenvalue weighted by Gasteiger charge is -2.71. The highest BCUT2D eigenvalue weighted by molar-refractivity contribution is 5.93. The lowest BCUT2D eigenvalue weighted by Crippen LogP contribution is -2.73. The molecule has 0 aromatic carbocycles. The number of carbonyl (C=O) groups is 3. The molecule has 0 radical (unpaired) electrons. The Morgan fingerprint density at radius 2 is 1.54 bits per heavy atom. The molecule has 6 rings (SSSR count). The van der Waals surface area contributed by atoms with E-state index < -0.39 is 11.0 Å². The second-order valence-corrected chi connectivity index (χ2v) is 16.4. The number of ether oxygens (including phenoxy) is 3. The van der Waals surface area contributed by atoms with Crippen molar-refractivity contribution in [2.45, 2.75) is 131 Å². The number of fused-ring (bicyclic) bond motifs is 5. The predicted octanol–water partition coefficient (Wildman–Crippen LogP) is 6.28. The van der Waals surface area contributed by atoms with Gasteiger partial charge in [0.15, 0.2) is 5.78 Å². The molecule has 1 heterocycles. The summed E-state index contributed by atoms with van der Waals surface area (Å²) in [7, 11) is 1.49. The monoisotopic (exact) mass is 542 g/mol. The average molecular weight is 543 g/mol. The van der Waals surface area contributed by atoms with Crippen molar-refractivity contribution in [1.82, 2.24) is 0 Å². The van der Waals surface area contributed by atoms with E-state index in [-0.39, 0.29) is 63.1 Å². The van der Waals surface area contributed by atoms with Crippen LogP contribution in [-0.2, 0) is 28.6 Å². The maximum Gasteiger partial charge on any atom is 0.311 e. The molecule has 0 N–H and O–H groups in total. The van der Waals surface area contributed by atoms with Crippen LogP contribution in [0.25, 0.3) is 0 Å². The van der Waals surface area contributed by atoms with Crippen molar-refractivity contribution in [2.24, 2.45) is 50.2 Å². The number of hydrogen-bond donors (Lipinski definition) is 0. The van der Waals surface area contributed by atoms with Gasteiger partial charge in [-0.05, 0) is 92.8 Å². The fourth-order valence-corrected chi connectivity index (χ4v) is 12.1. The van der Waals surface area contributed by atoms with Gasteiger partial charge in [-0.3, -0.25) is 14.4 Å². The fraction of sp³-hybridized carbons (Fsp3) is 0.909. The largest absolute Gasteiger partial charge is 0.469 e. The van der Waals surface area contributed by atoms with Crippen molar-refractivity contribution in [3.8, 4) is 0 Å². The molecule has 0 unspecified atom stereocenters. The number of rotatable bonds is 2. The molecule has 39 heavy (non-hydrogen) atoms.